The third kappa shape index (κ3) is 13.4. The largest absolute Gasteiger partial charge is 1.00 e. The summed E-state index contributed by atoms with van der Waals surface area (Å²) in [6.45, 7) is 2.81. The maximum Gasteiger partial charge on any atom is 1.00 e. The second-order valence-corrected chi connectivity index (χ2v) is 19.0. The molecule has 0 heterocycles. The van der Waals surface area contributed by atoms with E-state index in [0.717, 1.165) is 36.4 Å². The van der Waals surface area contributed by atoms with Crippen molar-refractivity contribution in [2.75, 3.05) is 13.2 Å². The van der Waals surface area contributed by atoms with Crippen molar-refractivity contribution in [3.63, 3.8) is 0 Å². The van der Waals surface area contributed by atoms with Crippen molar-refractivity contribution in [1.82, 2.24) is 0 Å². The quantitative estimate of drug-likeness (QED) is 0.0622. The summed E-state index contributed by atoms with van der Waals surface area (Å²) < 4.78 is 150. The molecule has 0 unspecified atom stereocenters. The van der Waals surface area contributed by atoms with E-state index in [4.69, 9.17) is 32.7 Å². The van der Waals surface area contributed by atoms with Crippen molar-refractivity contribution in [3.05, 3.63) is 82.8 Å². The van der Waals surface area contributed by atoms with Crippen LogP contribution in [0.25, 0.3) is 32.7 Å². The zero-order chi connectivity index (χ0) is 45.7. The average molecular weight is 1060 g/mol. The van der Waals surface area contributed by atoms with Gasteiger partial charge < -0.3 is 28.8 Å². The topological polar surface area (TPSA) is 337 Å². The molecule has 0 aliphatic rings. The first-order valence-corrected chi connectivity index (χ1v) is 23.5. The monoisotopic (exact) mass is 1060 g/mol. The second-order valence-electron chi connectivity index (χ2n) is 12.6. The number of azo groups is 2. The van der Waals surface area contributed by atoms with E-state index in [1.807, 2.05) is 0 Å². The predicted octanol–water partition coefficient (Wildman–Crippen LogP) is -4.94. The fourth-order valence-electron chi connectivity index (χ4n) is 6.01. The molecule has 6 aromatic carbocycles. The van der Waals surface area contributed by atoms with Crippen molar-refractivity contribution in [1.29, 1.82) is 0 Å². The van der Waals surface area contributed by atoms with Gasteiger partial charge >= 0.3 is 118 Å². The summed E-state index contributed by atoms with van der Waals surface area (Å²) in [5.74, 6) is -3.04. The molecule has 66 heavy (non-hydrogen) atoms. The van der Waals surface area contributed by atoms with Gasteiger partial charge in [0.15, 0.2) is 0 Å². The molecule has 0 aliphatic heterocycles. The molecule has 0 atom stereocenters. The van der Waals surface area contributed by atoms with Crippen LogP contribution in [0.2, 0.25) is 10.0 Å². The van der Waals surface area contributed by atoms with Gasteiger partial charge in [-0.05, 0) is 85.3 Å². The molecule has 20 nitrogen and oxygen atoms in total. The molecule has 0 radical (unpaired) electrons. The molecule has 0 aromatic heterocycles. The molecular weight excluding hydrogens is 1040 g/mol. The van der Waals surface area contributed by atoms with Gasteiger partial charge in [-0.25, -0.2) is 16.8 Å². The summed E-state index contributed by atoms with van der Waals surface area (Å²) in [5, 5.41) is 41.1. The van der Waals surface area contributed by atoms with Crippen molar-refractivity contribution in [2.24, 2.45) is 20.5 Å². The van der Waals surface area contributed by atoms with Crippen LogP contribution in [0.1, 0.15) is 13.8 Å². The van der Waals surface area contributed by atoms with E-state index in [-0.39, 0.29) is 197 Å². The Balaban J connectivity index is 0.00000374. The van der Waals surface area contributed by atoms with Crippen molar-refractivity contribution >= 4 is 108 Å². The minimum absolute atomic E-state index is 0. The molecule has 0 spiro atoms. The summed E-state index contributed by atoms with van der Waals surface area (Å²) in [4.78, 5) is -3.78. The fraction of sp³-hybridized carbons (Fsp3) is 0.111. The van der Waals surface area contributed by atoms with Crippen LogP contribution in [0, 0.1) is 0 Å². The smallest absolute Gasteiger partial charge is 0.870 e. The summed E-state index contributed by atoms with van der Waals surface area (Å²) in [5.41, 5.74) is -1.30. The summed E-state index contributed by atoms with van der Waals surface area (Å²) in [6, 6.07) is 12.5. The Morgan fingerprint density at radius 2 is 0.864 bits per heavy atom. The number of ether oxygens (including phenoxy) is 2. The van der Waals surface area contributed by atoms with Crippen LogP contribution in [0.4, 0.5) is 22.7 Å². The number of hydrogen-bond acceptors (Lipinski definition) is 18. The fourth-order valence-corrected chi connectivity index (χ4v) is 8.92. The maximum absolute atomic E-state index is 13.6. The van der Waals surface area contributed by atoms with Gasteiger partial charge in [-0.15, -0.1) is 10.2 Å². The number of nitrogens with zero attached hydrogens (tertiary/aromatic N) is 4. The summed E-state index contributed by atoms with van der Waals surface area (Å²) >= 11 is 13.1. The Kier molecular flexibility index (Phi) is 21.6. The minimum Gasteiger partial charge on any atom is -0.870 e. The Morgan fingerprint density at radius 1 is 0.530 bits per heavy atom. The minimum atomic E-state index is -5.20. The van der Waals surface area contributed by atoms with Crippen LogP contribution in [0.15, 0.2) is 113 Å². The van der Waals surface area contributed by atoms with Gasteiger partial charge in [-0.1, -0.05) is 46.8 Å². The SMILES string of the molecule is CCOc1cc(S(=O)(=O)[O-])cc2cc(S(=O)(=O)O)c(N=Nc3ccc(-c4ccc(N=Nc5c(S(=O)(=O)O)cc6cc(S(=O)(=O)[O-])cc(OCC)c6c5[O-])cc4Cl)c(Cl)c3)c([O-])c12.[Na+].[Na+].[Na+].[Na+]. The second kappa shape index (κ2) is 23.6. The molecule has 0 saturated carbocycles. The molecule has 0 aliphatic carbocycles. The molecule has 326 valence electrons. The Hall–Kier alpha value is -1.54. The van der Waals surface area contributed by atoms with E-state index in [0.29, 0.717) is 0 Å². The number of benzene rings is 6. The number of hydrogen-bond donors (Lipinski definition) is 2. The van der Waals surface area contributed by atoms with Crippen LogP contribution in [-0.2, 0) is 40.5 Å². The zero-order valence-corrected chi connectivity index (χ0v) is 47.9. The van der Waals surface area contributed by atoms with Gasteiger partial charge in [0.1, 0.15) is 41.5 Å². The Morgan fingerprint density at radius 3 is 1.14 bits per heavy atom. The molecule has 30 heteroatoms. The first kappa shape index (κ1) is 60.6. The average Bonchev–Trinajstić information content (AvgIpc) is 3.15. The van der Waals surface area contributed by atoms with Crippen LogP contribution < -0.4 is 138 Å². The number of rotatable bonds is 13. The van der Waals surface area contributed by atoms with E-state index in [1.165, 1.54) is 50.2 Å². The molecule has 0 saturated heterocycles. The Bertz CT molecular complexity index is 3180. The molecular formula is C36H24Cl2N4Na4O16S4. The molecule has 6 rings (SSSR count). The molecule has 0 fully saturated rings. The third-order valence-electron chi connectivity index (χ3n) is 8.60. The number of fused-ring (bicyclic) bond motifs is 2. The van der Waals surface area contributed by atoms with E-state index >= 15 is 0 Å². The van der Waals surface area contributed by atoms with E-state index in [2.05, 4.69) is 20.5 Å². The van der Waals surface area contributed by atoms with Crippen molar-refractivity contribution in [3.8, 4) is 34.1 Å². The predicted molar refractivity (Wildman–Crippen MR) is 215 cm³/mol. The van der Waals surface area contributed by atoms with Crippen LogP contribution in [-0.4, -0.2) is 65.1 Å². The molecule has 6 aromatic rings. The summed E-state index contributed by atoms with van der Waals surface area (Å²) in [6.07, 6.45) is 0. The van der Waals surface area contributed by atoms with E-state index < -0.39 is 82.9 Å². The summed E-state index contributed by atoms with van der Waals surface area (Å²) in [7, 11) is -20.6. The van der Waals surface area contributed by atoms with Crippen molar-refractivity contribution in [2.45, 2.75) is 33.4 Å². The first-order chi connectivity index (χ1) is 28.8. The van der Waals surface area contributed by atoms with Gasteiger partial charge in [0, 0.05) is 21.9 Å². The van der Waals surface area contributed by atoms with Crippen LogP contribution in [0.3, 0.4) is 0 Å². The normalized spacial score (nSPS) is 12.1. The van der Waals surface area contributed by atoms with Crippen LogP contribution >= 0.6 is 23.2 Å². The van der Waals surface area contributed by atoms with E-state index in [9.17, 15) is 62.1 Å². The third-order valence-corrected chi connectivity index (χ3v) is 12.6. The number of halogens is 2. The van der Waals surface area contributed by atoms with Gasteiger partial charge in [0.2, 0.25) is 0 Å². The van der Waals surface area contributed by atoms with Gasteiger partial charge in [-0.2, -0.15) is 27.1 Å². The van der Waals surface area contributed by atoms with Crippen molar-refractivity contribution < 1.29 is 190 Å². The van der Waals surface area contributed by atoms with Gasteiger partial charge in [-0.3, -0.25) is 9.11 Å². The first-order valence-electron chi connectivity index (χ1n) is 17.0. The van der Waals surface area contributed by atoms with Gasteiger partial charge in [0.05, 0.1) is 55.8 Å². The maximum atomic E-state index is 13.6. The molecule has 0 amide bonds. The van der Waals surface area contributed by atoms with E-state index in [1.54, 1.807) is 0 Å². The molecule has 2 N–H and O–H groups in total. The molecule has 0 bridgehead atoms. The standard InChI is InChI=1S/C36H28Cl2N4O16S4.4Na/c1-3-57-27-15-21(59(45,46)47)9-17-11-29(61(51,52)53)33(35(43)31(17)27)41-39-19-5-7-23(25(37)13-19)24-8-6-20(14-26(24)38)40-42-34-30(62(54,55)56)12-18-10-22(60(48,49)50)16-28(58-4-2)32(18)36(34)44;;;;/h5-16,43-44H,3-4H2,1-2H3,(H,45,46,47)(H,48,49,50)(H,51,52,53)(H,54,55,56);;;;/q;4*+1/p-4. The van der Waals surface area contributed by atoms with Gasteiger partial charge in [0.25, 0.3) is 20.2 Å². The van der Waals surface area contributed by atoms with Crippen LogP contribution in [0.5, 0.6) is 23.0 Å². The zero-order valence-electron chi connectivity index (χ0n) is 35.1. The Labute approximate surface area is 475 Å².